The van der Waals surface area contributed by atoms with E-state index in [2.05, 4.69) is 4.98 Å². The van der Waals surface area contributed by atoms with Crippen LogP contribution in [0.4, 0.5) is 5.69 Å². The maximum absolute atomic E-state index is 9.33. The van der Waals surface area contributed by atoms with Gasteiger partial charge in [-0.1, -0.05) is 0 Å². The number of diazo groups is 1. The molecule has 0 saturated carbocycles. The smallest absolute Gasteiger partial charge is 0.426 e. The Hall–Kier alpha value is -2.84. The van der Waals surface area contributed by atoms with E-state index in [0.29, 0.717) is 5.56 Å². The Bertz CT molecular complexity index is 540. The Morgan fingerprint density at radius 3 is 2.60 bits per heavy atom. The van der Waals surface area contributed by atoms with Crippen molar-refractivity contribution >= 4 is 11.3 Å². The Morgan fingerprint density at radius 1 is 1.40 bits per heavy atom. The van der Waals surface area contributed by atoms with Crippen LogP contribution in [0.2, 0.25) is 0 Å². The van der Waals surface area contributed by atoms with Gasteiger partial charge in [-0.15, -0.1) is 0 Å². The maximum Gasteiger partial charge on any atom is 0.426 e. The summed E-state index contributed by atoms with van der Waals surface area (Å²) in [5.41, 5.74) is 0.536. The lowest BCUT2D eigenvalue weighted by atomic mass is 10.1. The van der Waals surface area contributed by atoms with E-state index < -0.39 is 0 Å². The molecule has 0 radical (unpaired) electrons. The van der Waals surface area contributed by atoms with Gasteiger partial charge in [0, 0.05) is 12.1 Å². The molecule has 5 nitrogen and oxygen atoms in total. The normalized spacial score (nSPS) is 9.80. The highest BCUT2D eigenvalue weighted by Gasteiger charge is 2.14. The van der Waals surface area contributed by atoms with Crippen molar-refractivity contribution in [2.24, 2.45) is 0 Å². The first-order valence-electron chi connectivity index (χ1n) is 3.91. The third-order valence-electron chi connectivity index (χ3n) is 1.72. The van der Waals surface area contributed by atoms with Crippen molar-refractivity contribution in [2.45, 2.75) is 0 Å². The summed E-state index contributed by atoms with van der Waals surface area (Å²) in [4.78, 5) is 2.82. The molecule has 0 fully saturated rings. The summed E-state index contributed by atoms with van der Waals surface area (Å²) in [6.45, 7) is 0. The molecule has 5 heteroatoms. The van der Waals surface area contributed by atoms with E-state index >= 15 is 0 Å². The summed E-state index contributed by atoms with van der Waals surface area (Å²) in [5.74, 6) is -0.255. The van der Waals surface area contributed by atoms with E-state index in [1.165, 1.54) is 18.2 Å². The molecule has 1 aromatic carbocycles. The van der Waals surface area contributed by atoms with E-state index in [1.807, 2.05) is 6.07 Å². The van der Waals surface area contributed by atoms with Gasteiger partial charge in [0.25, 0.3) is 0 Å². The summed E-state index contributed by atoms with van der Waals surface area (Å²) in [6.07, 6.45) is 1.07. The number of phenolic OH excluding ortho intramolecular Hbond substituents is 1. The van der Waals surface area contributed by atoms with Crippen molar-refractivity contribution in [1.82, 2.24) is 0 Å². The van der Waals surface area contributed by atoms with Gasteiger partial charge in [0.15, 0.2) is 4.98 Å². The third-order valence-corrected chi connectivity index (χ3v) is 1.72. The average Bonchev–Trinajstić information content (AvgIpc) is 2.25. The molecule has 0 amide bonds. The highest BCUT2D eigenvalue weighted by Crippen LogP contribution is 2.29. The summed E-state index contributed by atoms with van der Waals surface area (Å²) in [5, 5.41) is 34.9. The molecular weight excluding hydrogens is 192 g/mol. The van der Waals surface area contributed by atoms with Gasteiger partial charge in [0.05, 0.1) is 11.6 Å². The van der Waals surface area contributed by atoms with Crippen LogP contribution in [0.15, 0.2) is 24.3 Å². The number of nitriles is 2. The van der Waals surface area contributed by atoms with Gasteiger partial charge in [0.2, 0.25) is 11.1 Å². The summed E-state index contributed by atoms with van der Waals surface area (Å²) >= 11 is 0. The van der Waals surface area contributed by atoms with Crippen molar-refractivity contribution in [3.05, 3.63) is 34.8 Å². The lowest BCUT2D eigenvalue weighted by molar-refractivity contribution is 0.478. The molecule has 1 rings (SSSR count). The molecule has 0 aromatic heterocycles. The number of aromatic hydroxyl groups is 1. The van der Waals surface area contributed by atoms with Crippen LogP contribution in [0.5, 0.6) is 5.75 Å². The zero-order valence-corrected chi connectivity index (χ0v) is 7.55. The zero-order valence-electron chi connectivity index (χ0n) is 7.55. The molecule has 0 bridgehead atoms. The van der Waals surface area contributed by atoms with Gasteiger partial charge in [-0.3, -0.25) is 0 Å². The van der Waals surface area contributed by atoms with Crippen molar-refractivity contribution in [3.63, 3.8) is 0 Å². The molecule has 0 heterocycles. The largest absolute Gasteiger partial charge is 0.501 e. The molecule has 1 aromatic rings. The highest BCUT2D eigenvalue weighted by atomic mass is 16.3. The molecule has 0 atom stereocenters. The lowest BCUT2D eigenvalue weighted by Gasteiger charge is -1.95. The minimum atomic E-state index is -0.255. The molecule has 0 saturated heterocycles. The predicted molar refractivity (Wildman–Crippen MR) is 52.1 cm³/mol. The fourth-order valence-electron chi connectivity index (χ4n) is 1.02. The zero-order chi connectivity index (χ0) is 11.3. The number of hydrogen-bond acceptors (Lipinski definition) is 4. The van der Waals surface area contributed by atoms with Crippen LogP contribution >= 0.6 is 0 Å². The fourth-order valence-corrected chi connectivity index (χ4v) is 1.02. The van der Waals surface area contributed by atoms with Crippen molar-refractivity contribution < 1.29 is 5.11 Å². The summed E-state index contributed by atoms with van der Waals surface area (Å²) < 4.78 is 0. The summed E-state index contributed by atoms with van der Waals surface area (Å²) in [7, 11) is 0. The van der Waals surface area contributed by atoms with Gasteiger partial charge in [0.1, 0.15) is 6.07 Å². The molecule has 1 N–H and O–H groups in total. The molecule has 15 heavy (non-hydrogen) atoms. The number of rotatable bonds is 1. The lowest BCUT2D eigenvalue weighted by Crippen LogP contribution is -1.80. The predicted octanol–water partition coefficient (Wildman–Crippen LogP) is 2.31. The van der Waals surface area contributed by atoms with Gasteiger partial charge in [-0.05, 0) is 17.7 Å². The first-order chi connectivity index (χ1) is 7.22. The monoisotopic (exact) mass is 197 g/mol. The Balaban J connectivity index is 3.27. The molecular formula is C10H5N4O+. The fraction of sp³-hybridized carbons (Fsp3) is 0. The minimum Gasteiger partial charge on any atom is -0.501 e. The van der Waals surface area contributed by atoms with Crippen molar-refractivity contribution in [3.8, 4) is 17.9 Å². The van der Waals surface area contributed by atoms with Crippen LogP contribution in [0.3, 0.4) is 0 Å². The number of allylic oxidation sites excluding steroid dienone is 2. The van der Waals surface area contributed by atoms with Crippen LogP contribution < -0.4 is 0 Å². The van der Waals surface area contributed by atoms with Crippen LogP contribution in [0.25, 0.3) is 10.5 Å². The average molecular weight is 197 g/mol. The van der Waals surface area contributed by atoms with E-state index in [-0.39, 0.29) is 17.0 Å². The SMILES string of the molecule is N#C/C=C(\C#N)c1ccc([N+]#N)c(O)c1. The maximum atomic E-state index is 9.33. The molecule has 0 spiro atoms. The third kappa shape index (κ3) is 2.09. The standard InChI is InChI=1S/C10H4N4O/c11-4-3-8(6-12)7-1-2-9(14-13)10(15)5-7/h1-3,5H/p+1/b8-3+. The van der Waals surface area contributed by atoms with E-state index in [0.717, 1.165) is 6.08 Å². The minimum absolute atomic E-state index is 0.00741. The van der Waals surface area contributed by atoms with Gasteiger partial charge >= 0.3 is 5.69 Å². The Morgan fingerprint density at radius 2 is 2.13 bits per heavy atom. The van der Waals surface area contributed by atoms with Gasteiger partial charge < -0.3 is 5.11 Å². The van der Waals surface area contributed by atoms with Crippen LogP contribution in [-0.2, 0) is 0 Å². The second kappa shape index (κ2) is 4.41. The highest BCUT2D eigenvalue weighted by molar-refractivity contribution is 5.80. The van der Waals surface area contributed by atoms with Gasteiger partial charge in [-0.2, -0.15) is 10.5 Å². The van der Waals surface area contributed by atoms with E-state index in [9.17, 15) is 5.11 Å². The van der Waals surface area contributed by atoms with Crippen LogP contribution in [-0.4, -0.2) is 5.11 Å². The van der Waals surface area contributed by atoms with E-state index in [4.69, 9.17) is 15.9 Å². The van der Waals surface area contributed by atoms with Crippen molar-refractivity contribution in [2.75, 3.05) is 0 Å². The summed E-state index contributed by atoms with van der Waals surface area (Å²) in [6, 6.07) is 7.61. The first kappa shape index (κ1) is 10.2. The molecule has 0 aliphatic heterocycles. The van der Waals surface area contributed by atoms with Gasteiger partial charge in [-0.25, -0.2) is 0 Å². The topological polar surface area (TPSA) is 96.0 Å². The first-order valence-corrected chi connectivity index (χ1v) is 3.91. The Kier molecular flexibility index (Phi) is 3.01. The molecule has 0 aliphatic rings. The quantitative estimate of drug-likeness (QED) is 0.551. The second-order valence-corrected chi connectivity index (χ2v) is 2.60. The molecule has 70 valence electrons. The van der Waals surface area contributed by atoms with E-state index in [1.54, 1.807) is 6.07 Å². The second-order valence-electron chi connectivity index (χ2n) is 2.60. The number of nitrogens with zero attached hydrogens (tertiary/aromatic N) is 4. The van der Waals surface area contributed by atoms with Crippen LogP contribution in [0.1, 0.15) is 5.56 Å². The number of phenols is 1. The molecule has 0 aliphatic carbocycles. The van der Waals surface area contributed by atoms with Crippen LogP contribution in [0, 0.1) is 28.1 Å². The molecule has 0 unspecified atom stereocenters. The van der Waals surface area contributed by atoms with Crippen molar-refractivity contribution in [1.29, 1.82) is 15.9 Å². The number of benzene rings is 1. The Labute approximate surface area is 85.7 Å². The number of hydrogen-bond donors (Lipinski definition) is 1.